The molecule has 0 aromatic heterocycles. The zero-order valence-corrected chi connectivity index (χ0v) is 20.6. The molecular formula is C29H32N4O3. The monoisotopic (exact) mass is 484 g/mol. The lowest BCUT2D eigenvalue weighted by atomic mass is 9.98. The number of nitrogens with one attached hydrogen (secondary N) is 2. The molecule has 0 unspecified atom stereocenters. The van der Waals surface area contributed by atoms with Crippen LogP contribution >= 0.6 is 0 Å². The standard InChI is InChI=1S/C29H32N4O3/c1-2-36-25-12-9-23(10-13-25)30-29(35)31-24-11-14-27(26(19-24)28(34)32-16-5-6-17-32)33-18-15-21-7-3-4-8-22(21)20-33/h3-4,7-14,19H,2,5-6,15-18,20H2,1H3,(H2,30,31,35). The van der Waals surface area contributed by atoms with Gasteiger partial charge < -0.3 is 25.2 Å². The molecule has 2 aliphatic rings. The van der Waals surface area contributed by atoms with Crippen molar-refractivity contribution in [1.82, 2.24) is 4.90 Å². The summed E-state index contributed by atoms with van der Waals surface area (Å²) >= 11 is 0. The van der Waals surface area contributed by atoms with E-state index in [-0.39, 0.29) is 11.9 Å². The fourth-order valence-electron chi connectivity index (χ4n) is 4.95. The van der Waals surface area contributed by atoms with Crippen molar-refractivity contribution in [2.24, 2.45) is 0 Å². The van der Waals surface area contributed by atoms with E-state index in [1.165, 1.54) is 11.1 Å². The highest BCUT2D eigenvalue weighted by atomic mass is 16.5. The molecular weight excluding hydrogens is 452 g/mol. The van der Waals surface area contributed by atoms with Gasteiger partial charge in [0.2, 0.25) is 0 Å². The van der Waals surface area contributed by atoms with Crippen molar-refractivity contribution in [2.75, 3.05) is 41.8 Å². The predicted molar refractivity (Wildman–Crippen MR) is 143 cm³/mol. The van der Waals surface area contributed by atoms with Gasteiger partial charge in [0.15, 0.2) is 0 Å². The summed E-state index contributed by atoms with van der Waals surface area (Å²) in [6.45, 7) is 5.68. The van der Waals surface area contributed by atoms with Crippen LogP contribution in [0.15, 0.2) is 66.7 Å². The maximum atomic E-state index is 13.5. The second kappa shape index (κ2) is 10.7. The van der Waals surface area contributed by atoms with Gasteiger partial charge in [-0.05, 0) is 79.8 Å². The van der Waals surface area contributed by atoms with Crippen LogP contribution in [0, 0.1) is 0 Å². The summed E-state index contributed by atoms with van der Waals surface area (Å²) in [5.41, 5.74) is 5.45. The van der Waals surface area contributed by atoms with Gasteiger partial charge in [-0.2, -0.15) is 0 Å². The first-order valence-electron chi connectivity index (χ1n) is 12.7. The maximum absolute atomic E-state index is 13.5. The Hall–Kier alpha value is -4.00. The minimum atomic E-state index is -0.363. The number of nitrogens with zero attached hydrogens (tertiary/aromatic N) is 2. The molecule has 7 nitrogen and oxygen atoms in total. The van der Waals surface area contributed by atoms with Gasteiger partial charge >= 0.3 is 6.03 Å². The SMILES string of the molecule is CCOc1ccc(NC(=O)Nc2ccc(N3CCc4ccccc4C3)c(C(=O)N3CCCC3)c2)cc1. The maximum Gasteiger partial charge on any atom is 0.323 e. The summed E-state index contributed by atoms with van der Waals surface area (Å²) in [5.74, 6) is 0.779. The van der Waals surface area contributed by atoms with Crippen molar-refractivity contribution in [1.29, 1.82) is 0 Å². The number of amides is 3. The normalized spacial score (nSPS) is 14.8. The minimum Gasteiger partial charge on any atom is -0.494 e. The number of fused-ring (bicyclic) bond motifs is 1. The number of urea groups is 1. The molecule has 2 aliphatic heterocycles. The Morgan fingerprint density at radius 2 is 1.56 bits per heavy atom. The molecule has 0 saturated carbocycles. The molecule has 3 amide bonds. The quantitative estimate of drug-likeness (QED) is 0.483. The number of likely N-dealkylation sites (tertiary alicyclic amines) is 1. The molecule has 36 heavy (non-hydrogen) atoms. The molecule has 0 atom stereocenters. The number of hydrogen-bond donors (Lipinski definition) is 2. The predicted octanol–water partition coefficient (Wildman–Crippen LogP) is 5.53. The van der Waals surface area contributed by atoms with Crippen molar-refractivity contribution in [2.45, 2.75) is 32.7 Å². The molecule has 3 aromatic carbocycles. The van der Waals surface area contributed by atoms with Crippen LogP contribution in [0.3, 0.4) is 0 Å². The van der Waals surface area contributed by atoms with Crippen LogP contribution in [-0.4, -0.2) is 43.1 Å². The number of hydrogen-bond acceptors (Lipinski definition) is 4. The van der Waals surface area contributed by atoms with Crippen molar-refractivity contribution in [3.63, 3.8) is 0 Å². The van der Waals surface area contributed by atoms with Crippen LogP contribution in [0.4, 0.5) is 21.9 Å². The number of carbonyl (C=O) groups is 2. The van der Waals surface area contributed by atoms with Gasteiger partial charge in [0.05, 0.1) is 12.2 Å². The molecule has 3 aromatic rings. The largest absolute Gasteiger partial charge is 0.494 e. The van der Waals surface area contributed by atoms with E-state index < -0.39 is 0 Å². The average Bonchev–Trinajstić information content (AvgIpc) is 3.44. The minimum absolute atomic E-state index is 0.0249. The van der Waals surface area contributed by atoms with E-state index >= 15 is 0 Å². The van der Waals surface area contributed by atoms with Crippen molar-refractivity contribution in [3.05, 3.63) is 83.4 Å². The Bertz CT molecular complexity index is 1240. The first-order valence-corrected chi connectivity index (χ1v) is 12.7. The molecule has 7 heteroatoms. The Labute approximate surface area is 212 Å². The molecule has 0 spiro atoms. The third kappa shape index (κ3) is 5.30. The molecule has 186 valence electrons. The van der Waals surface area contributed by atoms with Gasteiger partial charge in [0.1, 0.15) is 5.75 Å². The van der Waals surface area contributed by atoms with E-state index in [4.69, 9.17) is 4.74 Å². The fraction of sp³-hybridized carbons (Fsp3) is 0.310. The summed E-state index contributed by atoms with van der Waals surface area (Å²) in [6.07, 6.45) is 3.00. The van der Waals surface area contributed by atoms with E-state index in [2.05, 4.69) is 39.8 Å². The van der Waals surface area contributed by atoms with Crippen molar-refractivity contribution < 1.29 is 14.3 Å². The van der Waals surface area contributed by atoms with E-state index in [0.717, 1.165) is 56.9 Å². The van der Waals surface area contributed by atoms with E-state index in [1.54, 1.807) is 12.1 Å². The van der Waals surface area contributed by atoms with Gasteiger partial charge in [-0.3, -0.25) is 4.79 Å². The van der Waals surface area contributed by atoms with Crippen LogP contribution in [0.5, 0.6) is 5.75 Å². The first-order chi connectivity index (χ1) is 17.6. The summed E-state index contributed by atoms with van der Waals surface area (Å²) in [7, 11) is 0. The number of benzene rings is 3. The lowest BCUT2D eigenvalue weighted by Crippen LogP contribution is -2.34. The van der Waals surface area contributed by atoms with Gasteiger partial charge in [-0.25, -0.2) is 4.79 Å². The molecule has 2 N–H and O–H groups in total. The van der Waals surface area contributed by atoms with Crippen LogP contribution in [0.2, 0.25) is 0 Å². The highest BCUT2D eigenvalue weighted by molar-refractivity contribution is 6.04. The first kappa shape index (κ1) is 23.7. The summed E-state index contributed by atoms with van der Waals surface area (Å²) in [6, 6.07) is 21.0. The number of rotatable bonds is 6. The molecule has 0 aliphatic carbocycles. The molecule has 0 bridgehead atoms. The van der Waals surface area contributed by atoms with Gasteiger partial charge in [0.25, 0.3) is 5.91 Å². The van der Waals surface area contributed by atoms with Gasteiger partial charge in [-0.1, -0.05) is 24.3 Å². The summed E-state index contributed by atoms with van der Waals surface area (Å²) in [4.78, 5) is 30.4. The lowest BCUT2D eigenvalue weighted by Gasteiger charge is -2.33. The second-order valence-electron chi connectivity index (χ2n) is 9.21. The zero-order valence-electron chi connectivity index (χ0n) is 20.6. The molecule has 1 fully saturated rings. The Morgan fingerprint density at radius 1 is 0.861 bits per heavy atom. The highest BCUT2D eigenvalue weighted by Crippen LogP contribution is 2.31. The van der Waals surface area contributed by atoms with E-state index in [1.807, 2.05) is 42.2 Å². The van der Waals surface area contributed by atoms with Crippen molar-refractivity contribution >= 4 is 29.0 Å². The van der Waals surface area contributed by atoms with E-state index in [9.17, 15) is 9.59 Å². The summed E-state index contributed by atoms with van der Waals surface area (Å²) in [5, 5.41) is 5.73. The number of anilines is 3. The zero-order chi connectivity index (χ0) is 24.9. The lowest BCUT2D eigenvalue weighted by molar-refractivity contribution is 0.0793. The van der Waals surface area contributed by atoms with Crippen LogP contribution in [-0.2, 0) is 13.0 Å². The topological polar surface area (TPSA) is 73.9 Å². The van der Waals surface area contributed by atoms with Crippen LogP contribution in [0.25, 0.3) is 0 Å². The summed E-state index contributed by atoms with van der Waals surface area (Å²) < 4.78 is 5.45. The Morgan fingerprint density at radius 3 is 2.31 bits per heavy atom. The molecule has 0 radical (unpaired) electrons. The fourth-order valence-corrected chi connectivity index (χ4v) is 4.95. The Kier molecular flexibility index (Phi) is 7.07. The third-order valence-electron chi connectivity index (χ3n) is 6.77. The molecule has 2 heterocycles. The highest BCUT2D eigenvalue weighted by Gasteiger charge is 2.26. The molecule has 5 rings (SSSR count). The smallest absolute Gasteiger partial charge is 0.323 e. The number of ether oxygens (including phenoxy) is 1. The van der Waals surface area contributed by atoms with Gasteiger partial charge in [-0.15, -0.1) is 0 Å². The number of carbonyl (C=O) groups excluding carboxylic acids is 2. The molecule has 1 saturated heterocycles. The van der Waals surface area contributed by atoms with Gasteiger partial charge in [0, 0.05) is 43.2 Å². The van der Waals surface area contributed by atoms with E-state index in [0.29, 0.717) is 23.5 Å². The average molecular weight is 485 g/mol. The van der Waals surface area contributed by atoms with Crippen molar-refractivity contribution in [3.8, 4) is 5.75 Å². The Balaban J connectivity index is 1.36. The third-order valence-corrected chi connectivity index (χ3v) is 6.77. The second-order valence-corrected chi connectivity index (χ2v) is 9.21. The van der Waals surface area contributed by atoms with Crippen LogP contribution in [0.1, 0.15) is 41.3 Å². The van der Waals surface area contributed by atoms with Crippen LogP contribution < -0.4 is 20.3 Å².